The lowest BCUT2D eigenvalue weighted by Gasteiger charge is -2.09. The molecule has 0 spiro atoms. The van der Waals surface area contributed by atoms with Crippen LogP contribution in [0.2, 0.25) is 0 Å². The van der Waals surface area contributed by atoms with E-state index in [1.807, 2.05) is 12.1 Å². The van der Waals surface area contributed by atoms with Gasteiger partial charge in [-0.15, -0.1) is 11.3 Å². The number of benzene rings is 1. The van der Waals surface area contributed by atoms with E-state index in [4.69, 9.17) is 5.11 Å². The number of halogens is 2. The van der Waals surface area contributed by atoms with E-state index in [1.165, 1.54) is 17.4 Å². The van der Waals surface area contributed by atoms with E-state index in [9.17, 15) is 14.0 Å². The zero-order valence-corrected chi connectivity index (χ0v) is 12.9. The Balaban J connectivity index is 2.01. The van der Waals surface area contributed by atoms with Gasteiger partial charge in [-0.2, -0.15) is 0 Å². The molecule has 1 aromatic heterocycles. The molecular weight excluding hydrogens is 363 g/mol. The summed E-state index contributed by atoms with van der Waals surface area (Å²) >= 11 is 4.79. The lowest BCUT2D eigenvalue weighted by atomic mass is 10.2. The molecule has 0 saturated heterocycles. The molecule has 2 rings (SSSR count). The largest absolute Gasteiger partial charge is 0.478 e. The van der Waals surface area contributed by atoms with Crippen molar-refractivity contribution in [2.75, 3.05) is 5.32 Å². The van der Waals surface area contributed by atoms with Gasteiger partial charge in [0.1, 0.15) is 5.82 Å². The number of urea groups is 1. The molecule has 0 aliphatic heterocycles. The quantitative estimate of drug-likeness (QED) is 0.765. The number of carboxylic acids is 1. The fourth-order valence-corrected chi connectivity index (χ4v) is 3.01. The van der Waals surface area contributed by atoms with Crippen molar-refractivity contribution < 1.29 is 19.1 Å². The Labute approximate surface area is 131 Å². The van der Waals surface area contributed by atoms with Crippen LogP contribution in [-0.4, -0.2) is 17.1 Å². The zero-order chi connectivity index (χ0) is 15.4. The van der Waals surface area contributed by atoms with Crippen molar-refractivity contribution in [3.05, 3.63) is 50.4 Å². The molecule has 0 atom stereocenters. The van der Waals surface area contributed by atoms with Gasteiger partial charge < -0.3 is 15.7 Å². The number of aromatic carboxylic acids is 1. The third-order valence-corrected chi connectivity index (χ3v) is 4.14. The molecule has 0 saturated carbocycles. The van der Waals surface area contributed by atoms with Crippen LogP contribution in [0.25, 0.3) is 0 Å². The smallest absolute Gasteiger partial charge is 0.337 e. The topological polar surface area (TPSA) is 78.4 Å². The summed E-state index contributed by atoms with van der Waals surface area (Å²) in [4.78, 5) is 23.7. The van der Waals surface area contributed by atoms with E-state index >= 15 is 0 Å². The number of hydrogen-bond donors (Lipinski definition) is 3. The number of nitrogens with one attached hydrogen (secondary N) is 2. The third-order valence-electron chi connectivity index (χ3n) is 2.51. The molecule has 5 nitrogen and oxygen atoms in total. The van der Waals surface area contributed by atoms with Crippen LogP contribution in [0.15, 0.2) is 34.1 Å². The van der Waals surface area contributed by atoms with Gasteiger partial charge >= 0.3 is 12.0 Å². The number of amides is 2. The minimum Gasteiger partial charge on any atom is -0.478 e. The Morgan fingerprint density at radius 1 is 1.29 bits per heavy atom. The molecule has 0 fully saturated rings. The van der Waals surface area contributed by atoms with Crippen molar-refractivity contribution in [1.82, 2.24) is 5.32 Å². The van der Waals surface area contributed by atoms with Gasteiger partial charge in [-0.05, 0) is 46.3 Å². The van der Waals surface area contributed by atoms with Crippen molar-refractivity contribution in [3.8, 4) is 0 Å². The summed E-state index contributed by atoms with van der Waals surface area (Å²) in [5.74, 6) is -1.99. The number of carbonyl (C=O) groups is 2. The summed E-state index contributed by atoms with van der Waals surface area (Å²) in [6.45, 7) is 0.311. The van der Waals surface area contributed by atoms with Crippen molar-refractivity contribution >= 4 is 45.0 Å². The molecule has 0 aliphatic rings. The van der Waals surface area contributed by atoms with Gasteiger partial charge in [0.2, 0.25) is 0 Å². The van der Waals surface area contributed by atoms with Gasteiger partial charge in [0.15, 0.2) is 0 Å². The zero-order valence-electron chi connectivity index (χ0n) is 10.5. The molecule has 1 heterocycles. The molecule has 8 heteroatoms. The van der Waals surface area contributed by atoms with E-state index in [0.29, 0.717) is 6.54 Å². The Bertz CT molecular complexity index is 690. The minimum absolute atomic E-state index is 0.0359. The van der Waals surface area contributed by atoms with Crippen LogP contribution in [0, 0.1) is 5.82 Å². The van der Waals surface area contributed by atoms with E-state index < -0.39 is 17.8 Å². The highest BCUT2D eigenvalue weighted by molar-refractivity contribution is 9.11. The second-order valence-corrected chi connectivity index (χ2v) is 6.56. The fourth-order valence-electron chi connectivity index (χ4n) is 1.58. The molecule has 0 radical (unpaired) electrons. The predicted molar refractivity (Wildman–Crippen MR) is 81.2 cm³/mol. The lowest BCUT2D eigenvalue weighted by Crippen LogP contribution is -2.28. The van der Waals surface area contributed by atoms with Gasteiger partial charge in [0, 0.05) is 4.88 Å². The molecule has 0 bridgehead atoms. The van der Waals surface area contributed by atoms with Crippen molar-refractivity contribution in [3.63, 3.8) is 0 Å². The van der Waals surface area contributed by atoms with E-state index in [0.717, 1.165) is 20.8 Å². The molecule has 0 unspecified atom stereocenters. The molecular formula is C13H10BrFN2O3S. The Morgan fingerprint density at radius 3 is 2.67 bits per heavy atom. The number of hydrogen-bond acceptors (Lipinski definition) is 3. The maximum atomic E-state index is 13.0. The van der Waals surface area contributed by atoms with Crippen molar-refractivity contribution in [2.45, 2.75) is 6.54 Å². The Kier molecular flexibility index (Phi) is 4.92. The van der Waals surface area contributed by atoms with Gasteiger partial charge in [-0.1, -0.05) is 0 Å². The van der Waals surface area contributed by atoms with Crippen LogP contribution in [0.4, 0.5) is 14.9 Å². The van der Waals surface area contributed by atoms with Gasteiger partial charge in [0.05, 0.1) is 21.6 Å². The van der Waals surface area contributed by atoms with Crippen LogP contribution in [0.1, 0.15) is 15.2 Å². The Morgan fingerprint density at radius 2 is 2.05 bits per heavy atom. The fraction of sp³-hybridized carbons (Fsp3) is 0.0769. The van der Waals surface area contributed by atoms with Gasteiger partial charge in [-0.3, -0.25) is 0 Å². The van der Waals surface area contributed by atoms with Crippen LogP contribution < -0.4 is 10.6 Å². The SMILES string of the molecule is O=C(NCc1ccc(Br)s1)Nc1ccc(F)cc1C(=O)O. The average molecular weight is 373 g/mol. The van der Waals surface area contributed by atoms with Crippen LogP contribution in [-0.2, 0) is 6.54 Å². The first-order valence-corrected chi connectivity index (χ1v) is 7.38. The monoisotopic (exact) mass is 372 g/mol. The second-order valence-electron chi connectivity index (χ2n) is 4.01. The Hall–Kier alpha value is -1.93. The lowest BCUT2D eigenvalue weighted by molar-refractivity contribution is 0.0697. The summed E-state index contributed by atoms with van der Waals surface area (Å²) in [6, 6.07) is 6.30. The minimum atomic E-state index is -1.31. The van der Waals surface area contributed by atoms with Crippen molar-refractivity contribution in [2.24, 2.45) is 0 Å². The van der Waals surface area contributed by atoms with Gasteiger partial charge in [0.25, 0.3) is 0 Å². The summed E-state index contributed by atoms with van der Waals surface area (Å²) < 4.78 is 14.0. The first-order chi connectivity index (χ1) is 9.95. The molecule has 2 amide bonds. The number of anilines is 1. The summed E-state index contributed by atoms with van der Waals surface area (Å²) in [5, 5.41) is 14.0. The first-order valence-electron chi connectivity index (χ1n) is 5.77. The van der Waals surface area contributed by atoms with Gasteiger partial charge in [-0.25, -0.2) is 14.0 Å². The van der Waals surface area contributed by atoms with Crippen LogP contribution in [0.3, 0.4) is 0 Å². The highest BCUT2D eigenvalue weighted by atomic mass is 79.9. The summed E-state index contributed by atoms with van der Waals surface area (Å²) in [5.41, 5.74) is -0.266. The molecule has 3 N–H and O–H groups in total. The standard InChI is InChI=1S/C13H10BrFN2O3S/c14-11-4-2-8(21-11)6-16-13(20)17-10-3-1-7(15)5-9(10)12(18)19/h1-5H,6H2,(H,18,19)(H2,16,17,20). The average Bonchev–Trinajstić information content (AvgIpc) is 2.84. The van der Waals surface area contributed by atoms with E-state index in [2.05, 4.69) is 26.6 Å². The maximum Gasteiger partial charge on any atom is 0.337 e. The number of thiophene rings is 1. The normalized spacial score (nSPS) is 10.2. The second kappa shape index (κ2) is 6.68. The maximum absolute atomic E-state index is 13.0. The molecule has 0 aliphatic carbocycles. The third kappa shape index (κ3) is 4.27. The molecule has 21 heavy (non-hydrogen) atoms. The number of rotatable bonds is 4. The molecule has 1 aromatic carbocycles. The number of carboxylic acid groups (broad SMARTS) is 1. The summed E-state index contributed by atoms with van der Waals surface area (Å²) in [7, 11) is 0. The highest BCUT2D eigenvalue weighted by Crippen LogP contribution is 2.22. The summed E-state index contributed by atoms with van der Waals surface area (Å²) in [6.07, 6.45) is 0. The van der Waals surface area contributed by atoms with Crippen molar-refractivity contribution in [1.29, 1.82) is 0 Å². The van der Waals surface area contributed by atoms with Crippen LogP contribution >= 0.6 is 27.3 Å². The van der Waals surface area contributed by atoms with Crippen LogP contribution in [0.5, 0.6) is 0 Å². The van der Waals surface area contributed by atoms with E-state index in [-0.39, 0.29) is 11.3 Å². The number of carbonyl (C=O) groups excluding carboxylic acids is 1. The molecule has 2 aromatic rings. The first kappa shape index (κ1) is 15.5. The van der Waals surface area contributed by atoms with E-state index in [1.54, 1.807) is 0 Å². The highest BCUT2D eigenvalue weighted by Gasteiger charge is 2.13. The predicted octanol–water partition coefficient (Wildman–Crippen LogP) is 3.67. The molecule has 110 valence electrons.